The Morgan fingerprint density at radius 3 is 2.06 bits per heavy atom. The first-order valence-corrected chi connectivity index (χ1v) is 12.1. The number of benzene rings is 4. The van der Waals surface area contributed by atoms with Gasteiger partial charge < -0.3 is 10.4 Å². The number of carbonyl (C=O) groups is 1. The van der Waals surface area contributed by atoms with Gasteiger partial charge in [0.15, 0.2) is 0 Å². The van der Waals surface area contributed by atoms with Gasteiger partial charge in [0.1, 0.15) is 5.75 Å². The van der Waals surface area contributed by atoms with Gasteiger partial charge in [-0.05, 0) is 54.2 Å². The molecule has 0 aliphatic carbocycles. The molecule has 0 spiro atoms. The second-order valence-corrected chi connectivity index (χ2v) is 10.2. The van der Waals surface area contributed by atoms with E-state index in [1.165, 1.54) is 48.5 Å². The summed E-state index contributed by atoms with van der Waals surface area (Å²) in [6.45, 7) is 0. The topological polar surface area (TPSA) is 83.5 Å². The summed E-state index contributed by atoms with van der Waals surface area (Å²) in [5.41, 5.74) is -4.55. The van der Waals surface area contributed by atoms with Gasteiger partial charge in [-0.3, -0.25) is 4.79 Å². The molecule has 0 radical (unpaired) electrons. The number of phenols is 1. The van der Waals surface area contributed by atoms with Crippen LogP contribution in [0.3, 0.4) is 0 Å². The molecule has 4 aromatic carbocycles. The maximum Gasteiger partial charge on any atom is 0.446 e. The van der Waals surface area contributed by atoms with Crippen LogP contribution in [0, 0.1) is 0 Å². The highest BCUT2D eigenvalue weighted by molar-refractivity contribution is 8.00. The minimum atomic E-state index is -4.44. The lowest BCUT2D eigenvalue weighted by Crippen LogP contribution is -2.14. The number of carbonyl (C=O) groups excluding carboxylic acids is 1. The predicted molar refractivity (Wildman–Crippen MR) is 124 cm³/mol. The molecule has 34 heavy (non-hydrogen) atoms. The first-order chi connectivity index (χ1) is 16.1. The summed E-state index contributed by atoms with van der Waals surface area (Å²) >= 11 is -0.288. The third-order valence-corrected chi connectivity index (χ3v) is 7.46. The lowest BCUT2D eigenvalue weighted by atomic mass is 10.0. The number of alkyl halides is 3. The Bertz CT molecular complexity index is 1470. The van der Waals surface area contributed by atoms with Crippen molar-refractivity contribution in [3.63, 3.8) is 0 Å². The molecule has 5 nitrogen and oxygen atoms in total. The van der Waals surface area contributed by atoms with E-state index >= 15 is 0 Å². The van der Waals surface area contributed by atoms with Crippen LogP contribution in [0.1, 0.15) is 10.4 Å². The molecule has 0 unspecified atom stereocenters. The van der Waals surface area contributed by atoms with Gasteiger partial charge in [-0.25, -0.2) is 8.42 Å². The van der Waals surface area contributed by atoms with E-state index in [0.717, 1.165) is 6.07 Å². The molecule has 1 amide bonds. The van der Waals surface area contributed by atoms with Crippen LogP contribution in [0.4, 0.5) is 18.9 Å². The number of fused-ring (bicyclic) bond motifs is 1. The van der Waals surface area contributed by atoms with Gasteiger partial charge in [-0.1, -0.05) is 42.5 Å². The van der Waals surface area contributed by atoms with Crippen LogP contribution < -0.4 is 5.32 Å². The lowest BCUT2D eigenvalue weighted by molar-refractivity contribution is -0.0328. The SMILES string of the molecule is O=C(Nc1ccc(SC(F)(F)F)cc1)c1cc(S(=O)(=O)c2ccccc2)c2ccccc2c1O. The summed E-state index contributed by atoms with van der Waals surface area (Å²) < 4.78 is 64.2. The second kappa shape index (κ2) is 9.03. The van der Waals surface area contributed by atoms with Gasteiger partial charge in [0, 0.05) is 21.4 Å². The Hall–Kier alpha value is -3.50. The van der Waals surface area contributed by atoms with Crippen molar-refractivity contribution in [2.45, 2.75) is 20.2 Å². The summed E-state index contributed by atoms with van der Waals surface area (Å²) in [5.74, 6) is -1.23. The van der Waals surface area contributed by atoms with Crippen molar-refractivity contribution in [2.75, 3.05) is 5.32 Å². The Kier molecular flexibility index (Phi) is 6.28. The highest BCUT2D eigenvalue weighted by Gasteiger charge is 2.29. The summed E-state index contributed by atoms with van der Waals surface area (Å²) in [5, 5.41) is 13.6. The molecular weight excluding hydrogens is 487 g/mol. The van der Waals surface area contributed by atoms with Gasteiger partial charge in [0.05, 0.1) is 15.4 Å². The smallest absolute Gasteiger partial charge is 0.446 e. The van der Waals surface area contributed by atoms with Crippen molar-refractivity contribution in [3.05, 3.63) is 90.5 Å². The minimum absolute atomic E-state index is 0.0231. The number of thioether (sulfide) groups is 1. The molecule has 4 aromatic rings. The molecule has 0 saturated heterocycles. The molecule has 0 atom stereocenters. The van der Waals surface area contributed by atoms with Crippen LogP contribution in [-0.2, 0) is 9.84 Å². The molecule has 0 heterocycles. The summed E-state index contributed by atoms with van der Waals surface area (Å²) in [7, 11) is -4.03. The third kappa shape index (κ3) is 4.87. The van der Waals surface area contributed by atoms with E-state index in [4.69, 9.17) is 0 Å². The highest BCUT2D eigenvalue weighted by atomic mass is 32.2. The van der Waals surface area contributed by atoms with E-state index in [9.17, 15) is 31.5 Å². The number of halogens is 3. The van der Waals surface area contributed by atoms with Gasteiger partial charge in [0.2, 0.25) is 9.84 Å². The fraction of sp³-hybridized carbons (Fsp3) is 0.0417. The quantitative estimate of drug-likeness (QED) is 0.315. The molecule has 2 N–H and O–H groups in total. The summed E-state index contributed by atoms with van der Waals surface area (Å²) in [4.78, 5) is 12.8. The van der Waals surface area contributed by atoms with Crippen LogP contribution >= 0.6 is 11.8 Å². The number of aromatic hydroxyl groups is 1. The lowest BCUT2D eigenvalue weighted by Gasteiger charge is -2.14. The summed E-state index contributed by atoms with van der Waals surface area (Å²) in [6.07, 6.45) is 0. The van der Waals surface area contributed by atoms with E-state index in [-0.39, 0.29) is 48.5 Å². The Balaban J connectivity index is 1.75. The average molecular weight is 504 g/mol. The zero-order chi connectivity index (χ0) is 24.5. The number of nitrogens with one attached hydrogen (secondary N) is 1. The van der Waals surface area contributed by atoms with Crippen LogP contribution in [0.2, 0.25) is 0 Å². The second-order valence-electron chi connectivity index (χ2n) is 7.16. The van der Waals surface area contributed by atoms with E-state index in [0.29, 0.717) is 0 Å². The summed E-state index contributed by atoms with van der Waals surface area (Å²) in [6, 6.07) is 20.0. The molecule has 4 rings (SSSR count). The zero-order valence-electron chi connectivity index (χ0n) is 17.2. The van der Waals surface area contributed by atoms with Crippen LogP contribution in [0.5, 0.6) is 5.75 Å². The molecule has 10 heteroatoms. The van der Waals surface area contributed by atoms with Crippen LogP contribution in [0.15, 0.2) is 99.6 Å². The van der Waals surface area contributed by atoms with Gasteiger partial charge >= 0.3 is 5.51 Å². The highest BCUT2D eigenvalue weighted by Crippen LogP contribution is 2.38. The molecule has 0 fully saturated rings. The van der Waals surface area contributed by atoms with Crippen molar-refractivity contribution in [1.29, 1.82) is 0 Å². The van der Waals surface area contributed by atoms with Crippen LogP contribution in [-0.4, -0.2) is 24.9 Å². The van der Waals surface area contributed by atoms with Crippen LogP contribution in [0.25, 0.3) is 10.8 Å². The monoisotopic (exact) mass is 503 g/mol. The first kappa shape index (κ1) is 23.7. The molecule has 174 valence electrons. The normalized spacial score (nSPS) is 12.0. The first-order valence-electron chi connectivity index (χ1n) is 9.78. The molecule has 0 aliphatic rings. The van der Waals surface area contributed by atoms with Gasteiger partial charge in [-0.2, -0.15) is 13.2 Å². The van der Waals surface area contributed by atoms with E-state index in [1.54, 1.807) is 30.3 Å². The molecule has 0 bridgehead atoms. The van der Waals surface area contributed by atoms with Crippen molar-refractivity contribution in [1.82, 2.24) is 0 Å². The number of phenolic OH excluding ortho intramolecular Hbond substituents is 1. The van der Waals surface area contributed by atoms with Crippen molar-refractivity contribution in [2.24, 2.45) is 0 Å². The molecule has 0 aromatic heterocycles. The Morgan fingerprint density at radius 1 is 0.853 bits per heavy atom. The Morgan fingerprint density at radius 2 is 1.44 bits per heavy atom. The zero-order valence-corrected chi connectivity index (χ0v) is 18.8. The largest absolute Gasteiger partial charge is 0.506 e. The average Bonchev–Trinajstić information content (AvgIpc) is 2.80. The predicted octanol–water partition coefficient (Wildman–Crippen LogP) is 6.24. The van der Waals surface area contributed by atoms with Crippen molar-refractivity contribution >= 4 is 44.0 Å². The van der Waals surface area contributed by atoms with Gasteiger partial charge in [-0.15, -0.1) is 0 Å². The van der Waals surface area contributed by atoms with E-state index in [2.05, 4.69) is 5.32 Å². The maximum absolute atomic E-state index is 13.3. The van der Waals surface area contributed by atoms with Crippen molar-refractivity contribution in [3.8, 4) is 5.75 Å². The van der Waals surface area contributed by atoms with Crippen molar-refractivity contribution < 1.29 is 31.5 Å². The number of rotatable bonds is 5. The number of sulfone groups is 1. The van der Waals surface area contributed by atoms with E-state index in [1.807, 2.05) is 0 Å². The molecule has 0 aliphatic heterocycles. The number of amides is 1. The standard InChI is InChI=1S/C24H16F3NO4S2/c25-24(26,27)33-16-12-10-15(11-13-16)28-23(30)20-14-21(18-8-4-5-9-19(18)22(20)29)34(31,32)17-6-2-1-3-7-17/h1-14,29H,(H,28,30). The number of anilines is 1. The molecule has 0 saturated carbocycles. The third-order valence-electron chi connectivity index (χ3n) is 4.91. The molecular formula is C24H16F3NO4S2. The number of hydrogen-bond donors (Lipinski definition) is 2. The fourth-order valence-electron chi connectivity index (χ4n) is 3.39. The minimum Gasteiger partial charge on any atom is -0.506 e. The van der Waals surface area contributed by atoms with E-state index < -0.39 is 27.0 Å². The maximum atomic E-state index is 13.3. The fourth-order valence-corrected chi connectivity index (χ4v) is 5.44. The number of hydrogen-bond acceptors (Lipinski definition) is 5. The Labute approximate surface area is 197 Å². The van der Waals surface area contributed by atoms with Gasteiger partial charge in [0.25, 0.3) is 5.91 Å².